The number of nitrogens with zero attached hydrogens (tertiary/aromatic N) is 2. The number of pyridine rings is 1. The summed E-state index contributed by atoms with van der Waals surface area (Å²) < 4.78 is 5.52. The highest BCUT2D eigenvalue weighted by molar-refractivity contribution is 5.94. The molecule has 0 aliphatic carbocycles. The van der Waals surface area contributed by atoms with E-state index >= 15 is 0 Å². The number of carbonyl (C=O) groups is 2. The van der Waals surface area contributed by atoms with Crippen LogP contribution in [0.15, 0.2) is 47.3 Å². The lowest BCUT2D eigenvalue weighted by atomic mass is 9.71. The van der Waals surface area contributed by atoms with Crippen molar-refractivity contribution in [3.8, 4) is 11.3 Å². The van der Waals surface area contributed by atoms with Crippen LogP contribution in [0.5, 0.6) is 0 Å². The Morgan fingerprint density at radius 2 is 1.80 bits per heavy atom. The van der Waals surface area contributed by atoms with Crippen molar-refractivity contribution >= 4 is 11.8 Å². The van der Waals surface area contributed by atoms with E-state index in [1.165, 1.54) is 0 Å². The van der Waals surface area contributed by atoms with E-state index in [0.29, 0.717) is 44.6 Å². The number of amides is 2. The average Bonchev–Trinajstić information content (AvgIpc) is 2.78. The van der Waals surface area contributed by atoms with Gasteiger partial charge in [0.05, 0.1) is 11.5 Å². The van der Waals surface area contributed by atoms with Gasteiger partial charge in [0, 0.05) is 39.5 Å². The summed E-state index contributed by atoms with van der Waals surface area (Å²) in [6.45, 7) is 1.51. The number of hydrogen-bond acceptors (Lipinski definition) is 4. The molecule has 0 radical (unpaired) electrons. The maximum Gasteiger partial charge on any atom is 0.261 e. The monoisotopic (exact) mass is 409 g/mol. The Balaban J connectivity index is 1.48. The molecular weight excluding hydrogens is 382 g/mol. The predicted octanol–water partition coefficient (Wildman–Crippen LogP) is 2.14. The van der Waals surface area contributed by atoms with Crippen LogP contribution in [0, 0.1) is 5.41 Å². The fraction of sp³-hybridized carbons (Fsp3) is 0.435. The van der Waals surface area contributed by atoms with Crippen molar-refractivity contribution in [3.63, 3.8) is 0 Å². The van der Waals surface area contributed by atoms with Crippen molar-refractivity contribution in [1.29, 1.82) is 0 Å². The maximum absolute atomic E-state index is 13.0. The van der Waals surface area contributed by atoms with E-state index in [9.17, 15) is 14.4 Å². The number of hydrogen-bond donors (Lipinski definition) is 1. The standard InChI is InChI=1S/C23H27N3O4/c1-25-15-17(30-2)14-23(22(25)29)10-12-26(13-11-23)21(28)18-8-9-19(24-20(18)27)16-6-4-3-5-7-16/h3-9,17H,10-15H2,1-2H3,(H,24,27). The summed E-state index contributed by atoms with van der Waals surface area (Å²) in [4.78, 5) is 44.7. The van der Waals surface area contributed by atoms with Crippen molar-refractivity contribution < 1.29 is 14.3 Å². The van der Waals surface area contributed by atoms with Gasteiger partial charge in [-0.05, 0) is 37.0 Å². The molecule has 7 nitrogen and oxygen atoms in total. The topological polar surface area (TPSA) is 82.7 Å². The minimum atomic E-state index is -0.478. The molecule has 4 rings (SSSR count). The van der Waals surface area contributed by atoms with Crippen LogP contribution in [0.2, 0.25) is 0 Å². The molecule has 2 saturated heterocycles. The number of likely N-dealkylation sites (N-methyl/N-ethyl adjacent to an activating group) is 1. The van der Waals surface area contributed by atoms with E-state index in [1.54, 1.807) is 36.1 Å². The zero-order chi connectivity index (χ0) is 21.3. The lowest BCUT2D eigenvalue weighted by Crippen LogP contribution is -2.57. The summed E-state index contributed by atoms with van der Waals surface area (Å²) in [5.41, 5.74) is 0.827. The third-order valence-corrected chi connectivity index (χ3v) is 6.46. The molecule has 2 aliphatic rings. The Kier molecular flexibility index (Phi) is 5.47. The molecule has 158 valence electrons. The number of nitrogens with one attached hydrogen (secondary N) is 1. The second-order valence-corrected chi connectivity index (χ2v) is 8.30. The Morgan fingerprint density at radius 1 is 1.10 bits per heavy atom. The number of methoxy groups -OCH3 is 1. The van der Waals surface area contributed by atoms with Crippen molar-refractivity contribution in [3.05, 3.63) is 58.4 Å². The van der Waals surface area contributed by atoms with E-state index in [-0.39, 0.29) is 23.5 Å². The number of benzene rings is 1. The Hall–Kier alpha value is -2.93. The van der Waals surface area contributed by atoms with Gasteiger partial charge in [0.25, 0.3) is 11.5 Å². The fourth-order valence-corrected chi connectivity index (χ4v) is 4.69. The average molecular weight is 409 g/mol. The molecule has 0 saturated carbocycles. The van der Waals surface area contributed by atoms with E-state index in [1.807, 2.05) is 30.3 Å². The third kappa shape index (κ3) is 3.65. The number of aromatic nitrogens is 1. The molecule has 1 unspecified atom stereocenters. The minimum absolute atomic E-state index is 0.0170. The van der Waals surface area contributed by atoms with Gasteiger partial charge in [-0.25, -0.2) is 0 Å². The molecule has 7 heteroatoms. The molecule has 2 fully saturated rings. The number of carbonyl (C=O) groups excluding carboxylic acids is 2. The summed E-state index contributed by atoms with van der Waals surface area (Å²) in [5.74, 6) is -0.154. The van der Waals surface area contributed by atoms with Crippen molar-refractivity contribution in [1.82, 2.24) is 14.8 Å². The van der Waals surface area contributed by atoms with Gasteiger partial charge in [0.2, 0.25) is 5.91 Å². The number of aromatic amines is 1. The SMILES string of the molecule is COC1CN(C)C(=O)C2(CCN(C(=O)c3ccc(-c4ccccc4)[nH]c3=O)CC2)C1. The minimum Gasteiger partial charge on any atom is -0.380 e. The lowest BCUT2D eigenvalue weighted by molar-refractivity contribution is -0.155. The van der Waals surface area contributed by atoms with Crippen molar-refractivity contribution in [2.24, 2.45) is 5.41 Å². The molecule has 1 spiro atoms. The zero-order valence-electron chi connectivity index (χ0n) is 17.4. The molecule has 2 aromatic rings. The summed E-state index contributed by atoms with van der Waals surface area (Å²) in [7, 11) is 3.48. The molecule has 30 heavy (non-hydrogen) atoms. The number of ether oxygens (including phenoxy) is 1. The first kappa shape index (κ1) is 20.3. The van der Waals surface area contributed by atoms with Crippen LogP contribution in [0.3, 0.4) is 0 Å². The largest absolute Gasteiger partial charge is 0.380 e. The summed E-state index contributed by atoms with van der Waals surface area (Å²) in [5, 5.41) is 0. The summed E-state index contributed by atoms with van der Waals surface area (Å²) >= 11 is 0. The number of H-pyrrole nitrogens is 1. The molecule has 1 atom stereocenters. The van der Waals surface area contributed by atoms with Crippen LogP contribution in [-0.2, 0) is 9.53 Å². The summed E-state index contributed by atoms with van der Waals surface area (Å²) in [6, 6.07) is 12.9. The Bertz CT molecular complexity index is 993. The van der Waals surface area contributed by atoms with Gasteiger partial charge >= 0.3 is 0 Å². The second-order valence-electron chi connectivity index (χ2n) is 8.30. The van der Waals surface area contributed by atoms with E-state index in [4.69, 9.17) is 4.74 Å². The van der Waals surface area contributed by atoms with Gasteiger partial charge in [-0.3, -0.25) is 14.4 Å². The molecular formula is C23H27N3O4. The molecule has 0 bridgehead atoms. The predicted molar refractivity (Wildman–Crippen MR) is 113 cm³/mol. The molecule has 2 aliphatic heterocycles. The lowest BCUT2D eigenvalue weighted by Gasteiger charge is -2.47. The van der Waals surface area contributed by atoms with E-state index in [0.717, 1.165) is 5.56 Å². The van der Waals surface area contributed by atoms with Crippen LogP contribution in [-0.4, -0.2) is 66.5 Å². The molecule has 3 heterocycles. The van der Waals surface area contributed by atoms with Crippen LogP contribution < -0.4 is 5.56 Å². The van der Waals surface area contributed by atoms with Crippen molar-refractivity contribution in [2.45, 2.75) is 25.4 Å². The first-order chi connectivity index (χ1) is 14.4. The van der Waals surface area contributed by atoms with Crippen molar-refractivity contribution in [2.75, 3.05) is 33.8 Å². The quantitative estimate of drug-likeness (QED) is 0.842. The van der Waals surface area contributed by atoms with Gasteiger partial charge in [-0.2, -0.15) is 0 Å². The highest BCUT2D eigenvalue weighted by Crippen LogP contribution is 2.41. The molecule has 1 N–H and O–H groups in total. The van der Waals surface area contributed by atoms with Gasteiger partial charge in [-0.1, -0.05) is 30.3 Å². The van der Waals surface area contributed by atoms with Crippen LogP contribution in [0.4, 0.5) is 0 Å². The van der Waals surface area contributed by atoms with Crippen LogP contribution >= 0.6 is 0 Å². The zero-order valence-corrected chi connectivity index (χ0v) is 17.4. The highest BCUT2D eigenvalue weighted by atomic mass is 16.5. The second kappa shape index (κ2) is 8.07. The normalized spacial score (nSPS) is 21.1. The first-order valence-corrected chi connectivity index (χ1v) is 10.3. The third-order valence-electron chi connectivity index (χ3n) is 6.46. The van der Waals surface area contributed by atoms with Gasteiger partial charge in [0.1, 0.15) is 5.56 Å². The molecule has 2 amide bonds. The highest BCUT2D eigenvalue weighted by Gasteiger charge is 2.48. The smallest absolute Gasteiger partial charge is 0.261 e. The first-order valence-electron chi connectivity index (χ1n) is 10.3. The van der Waals surface area contributed by atoms with Gasteiger partial charge < -0.3 is 19.5 Å². The maximum atomic E-state index is 13.0. The Morgan fingerprint density at radius 3 is 2.43 bits per heavy atom. The van der Waals surface area contributed by atoms with E-state index in [2.05, 4.69) is 4.98 Å². The fourth-order valence-electron chi connectivity index (χ4n) is 4.69. The summed E-state index contributed by atoms with van der Waals surface area (Å²) in [6.07, 6.45) is 1.87. The molecule has 1 aromatic carbocycles. The number of likely N-dealkylation sites (tertiary alicyclic amines) is 2. The van der Waals surface area contributed by atoms with E-state index < -0.39 is 11.0 Å². The van der Waals surface area contributed by atoms with Gasteiger partial charge in [0.15, 0.2) is 0 Å². The Labute approximate surface area is 175 Å². The molecule has 1 aromatic heterocycles. The van der Waals surface area contributed by atoms with Crippen LogP contribution in [0.25, 0.3) is 11.3 Å². The van der Waals surface area contributed by atoms with Crippen LogP contribution in [0.1, 0.15) is 29.6 Å². The number of piperidine rings is 2. The number of rotatable bonds is 3. The van der Waals surface area contributed by atoms with Gasteiger partial charge in [-0.15, -0.1) is 0 Å².